The molecule has 1 aliphatic rings. The number of carbonyl (C=O) groups is 4. The second-order valence-corrected chi connectivity index (χ2v) is 10.6. The number of rotatable bonds is 13. The topological polar surface area (TPSA) is 162 Å². The van der Waals surface area contributed by atoms with Gasteiger partial charge in [0, 0.05) is 55.3 Å². The van der Waals surface area contributed by atoms with Crippen molar-refractivity contribution in [1.82, 2.24) is 20.1 Å². The number of urea groups is 1. The zero-order valence-electron chi connectivity index (χ0n) is 26.2. The molecule has 2 heterocycles. The van der Waals surface area contributed by atoms with E-state index >= 15 is 0 Å². The number of nitrogens with zero attached hydrogens (tertiary/aromatic N) is 3. The van der Waals surface area contributed by atoms with Crippen molar-refractivity contribution in [3.8, 4) is 11.3 Å². The van der Waals surface area contributed by atoms with E-state index in [-0.39, 0.29) is 36.7 Å². The number of nitro groups is 1. The Bertz CT molecular complexity index is 1650. The van der Waals surface area contributed by atoms with Crippen molar-refractivity contribution < 1.29 is 33.6 Å². The molecule has 4 rings (SSSR count). The number of hydrogen-bond acceptors (Lipinski definition) is 8. The van der Waals surface area contributed by atoms with E-state index in [2.05, 4.69) is 10.6 Å². The predicted molar refractivity (Wildman–Crippen MR) is 169 cm³/mol. The summed E-state index contributed by atoms with van der Waals surface area (Å²) in [6.45, 7) is 6.15. The van der Waals surface area contributed by atoms with Crippen LogP contribution in [0.5, 0.6) is 0 Å². The molecule has 2 aromatic carbocycles. The van der Waals surface area contributed by atoms with Gasteiger partial charge >= 0.3 is 18.0 Å². The Kier molecular flexibility index (Phi) is 10.9. The first-order valence-electron chi connectivity index (χ1n) is 14.9. The molecule has 1 atom stereocenters. The molecule has 0 saturated heterocycles. The fraction of sp³-hybridized carbons (Fsp3) is 0.333. The van der Waals surface area contributed by atoms with Crippen molar-refractivity contribution in [2.75, 3.05) is 26.8 Å². The summed E-state index contributed by atoms with van der Waals surface area (Å²) >= 11 is 0. The van der Waals surface area contributed by atoms with E-state index in [9.17, 15) is 29.3 Å². The summed E-state index contributed by atoms with van der Waals surface area (Å²) < 4.78 is 12.2. The zero-order chi connectivity index (χ0) is 33.4. The molecule has 2 N–H and O–H groups in total. The van der Waals surface area contributed by atoms with Gasteiger partial charge in [0.05, 0.1) is 35.8 Å². The van der Waals surface area contributed by atoms with Crippen molar-refractivity contribution in [3.63, 3.8) is 0 Å². The molecule has 1 aromatic heterocycles. The molecule has 0 aliphatic carbocycles. The van der Waals surface area contributed by atoms with E-state index in [0.717, 1.165) is 17.0 Å². The number of esters is 2. The van der Waals surface area contributed by atoms with E-state index in [1.165, 1.54) is 36.3 Å². The highest BCUT2D eigenvalue weighted by Crippen LogP contribution is 2.32. The Labute approximate surface area is 266 Å². The van der Waals surface area contributed by atoms with Crippen LogP contribution in [-0.4, -0.2) is 65.1 Å². The third-order valence-electron chi connectivity index (χ3n) is 7.81. The molecular weight excluding hydrogens is 594 g/mol. The third-order valence-corrected chi connectivity index (χ3v) is 7.81. The average molecular weight is 632 g/mol. The van der Waals surface area contributed by atoms with Gasteiger partial charge in [-0.15, -0.1) is 0 Å². The summed E-state index contributed by atoms with van der Waals surface area (Å²) in [5.74, 6) is -1.27. The third kappa shape index (κ3) is 7.42. The molecule has 46 heavy (non-hydrogen) atoms. The van der Waals surface area contributed by atoms with Crippen molar-refractivity contribution in [2.45, 2.75) is 46.2 Å². The monoisotopic (exact) mass is 631 g/mol. The first-order valence-corrected chi connectivity index (χ1v) is 14.9. The lowest BCUT2D eigenvalue weighted by Gasteiger charge is -2.35. The summed E-state index contributed by atoms with van der Waals surface area (Å²) in [7, 11) is 1.33. The molecular formula is C33H37N5O8. The number of hydrogen-bond donors (Lipinski definition) is 2. The quantitative estimate of drug-likeness (QED) is 0.156. The lowest BCUT2D eigenvalue weighted by Crippen LogP contribution is -2.48. The number of methoxy groups -OCH3 is 1. The summed E-state index contributed by atoms with van der Waals surface area (Å²) in [6, 6.07) is 15.7. The van der Waals surface area contributed by atoms with E-state index in [1.807, 2.05) is 41.8 Å². The summed E-state index contributed by atoms with van der Waals surface area (Å²) in [4.78, 5) is 63.1. The molecule has 0 saturated carbocycles. The number of non-ortho nitro benzene ring substituents is 1. The summed E-state index contributed by atoms with van der Waals surface area (Å²) in [6.07, 6.45) is 0.445. The average Bonchev–Trinajstić information content (AvgIpc) is 3.38. The van der Waals surface area contributed by atoms with Crippen LogP contribution in [0.1, 0.15) is 54.3 Å². The Hall–Kier alpha value is -5.46. The molecule has 1 unspecified atom stereocenters. The fourth-order valence-electron chi connectivity index (χ4n) is 5.45. The molecule has 242 valence electrons. The van der Waals surface area contributed by atoms with Crippen LogP contribution in [0.15, 0.2) is 71.9 Å². The van der Waals surface area contributed by atoms with Crippen molar-refractivity contribution in [2.24, 2.45) is 0 Å². The number of benzene rings is 2. The van der Waals surface area contributed by atoms with E-state index in [1.54, 1.807) is 19.9 Å². The first kappa shape index (κ1) is 33.4. The molecule has 0 radical (unpaired) electrons. The van der Waals surface area contributed by atoms with Gasteiger partial charge in [0.15, 0.2) is 0 Å². The minimum Gasteiger partial charge on any atom is -0.465 e. The second-order valence-electron chi connectivity index (χ2n) is 10.6. The Morgan fingerprint density at radius 1 is 1.02 bits per heavy atom. The van der Waals surface area contributed by atoms with Crippen LogP contribution < -0.4 is 10.6 Å². The number of carbonyl (C=O) groups excluding carboxylic acids is 4. The standard InChI is InChI=1S/C33H37N5O8/c1-5-46-32(41)29-22(3)37(33(42)35-30(29)24-13-15-25(16-14-24)38(43)44)18-9-12-28(39)34-17-19-36-21(2)26(31(40)45-4)20-27(36)23-10-7-6-8-11-23/h6-8,10-11,13-16,20,30H,5,9,12,17-19H2,1-4H3,(H,34,39)(H,35,42). The molecule has 0 spiro atoms. The molecule has 3 amide bonds. The van der Waals surface area contributed by atoms with Gasteiger partial charge in [-0.1, -0.05) is 30.3 Å². The van der Waals surface area contributed by atoms with Gasteiger partial charge in [-0.05, 0) is 56.5 Å². The summed E-state index contributed by atoms with van der Waals surface area (Å²) in [5.41, 5.74) is 3.90. The Morgan fingerprint density at radius 2 is 1.72 bits per heavy atom. The number of allylic oxidation sites excluding steroid dienone is 1. The number of amides is 3. The van der Waals surface area contributed by atoms with Gasteiger partial charge < -0.3 is 24.7 Å². The van der Waals surface area contributed by atoms with Gasteiger partial charge in [0.1, 0.15) is 0 Å². The fourth-order valence-corrected chi connectivity index (χ4v) is 5.45. The van der Waals surface area contributed by atoms with Crippen molar-refractivity contribution in [3.05, 3.63) is 98.9 Å². The lowest BCUT2D eigenvalue weighted by atomic mass is 9.94. The van der Waals surface area contributed by atoms with Crippen LogP contribution in [0, 0.1) is 17.0 Å². The van der Waals surface area contributed by atoms with E-state index < -0.39 is 28.9 Å². The maximum Gasteiger partial charge on any atom is 0.339 e. The van der Waals surface area contributed by atoms with Gasteiger partial charge in [-0.3, -0.25) is 19.8 Å². The summed E-state index contributed by atoms with van der Waals surface area (Å²) in [5, 5.41) is 16.8. The smallest absolute Gasteiger partial charge is 0.339 e. The number of aromatic nitrogens is 1. The zero-order valence-corrected chi connectivity index (χ0v) is 26.2. The second kappa shape index (κ2) is 15.0. The number of ether oxygens (including phenoxy) is 2. The van der Waals surface area contributed by atoms with Crippen LogP contribution in [0.2, 0.25) is 0 Å². The molecule has 0 fully saturated rings. The lowest BCUT2D eigenvalue weighted by molar-refractivity contribution is -0.384. The molecule has 0 bridgehead atoms. The highest BCUT2D eigenvalue weighted by atomic mass is 16.6. The van der Waals surface area contributed by atoms with Crippen LogP contribution in [0.4, 0.5) is 10.5 Å². The minimum atomic E-state index is -0.857. The van der Waals surface area contributed by atoms with Gasteiger partial charge in [0.2, 0.25) is 5.91 Å². The maximum atomic E-state index is 13.1. The van der Waals surface area contributed by atoms with Crippen LogP contribution >= 0.6 is 0 Å². The number of nitrogens with one attached hydrogen (secondary N) is 2. The SMILES string of the molecule is CCOC(=O)C1=C(C)N(CCCC(=O)NCCn2c(-c3ccccc3)cc(C(=O)OC)c2C)C(=O)NC1c1ccc([N+](=O)[O-])cc1. The molecule has 3 aromatic rings. The first-order chi connectivity index (χ1) is 22.1. The molecule has 13 nitrogen and oxygen atoms in total. The van der Waals surface area contributed by atoms with Crippen molar-refractivity contribution >= 4 is 29.6 Å². The van der Waals surface area contributed by atoms with Crippen LogP contribution in [0.25, 0.3) is 11.3 Å². The van der Waals surface area contributed by atoms with Crippen LogP contribution in [-0.2, 0) is 25.6 Å². The van der Waals surface area contributed by atoms with E-state index in [0.29, 0.717) is 36.3 Å². The predicted octanol–water partition coefficient (Wildman–Crippen LogP) is 4.66. The molecule has 13 heteroatoms. The van der Waals surface area contributed by atoms with E-state index in [4.69, 9.17) is 9.47 Å². The maximum absolute atomic E-state index is 13.1. The normalized spacial score (nSPS) is 14.5. The highest BCUT2D eigenvalue weighted by molar-refractivity contribution is 5.95. The minimum absolute atomic E-state index is 0.116. The molecule has 1 aliphatic heterocycles. The number of nitro benzene ring substituents is 1. The van der Waals surface area contributed by atoms with Gasteiger partial charge in [-0.2, -0.15) is 0 Å². The Morgan fingerprint density at radius 3 is 2.35 bits per heavy atom. The highest BCUT2D eigenvalue weighted by Gasteiger charge is 2.36. The van der Waals surface area contributed by atoms with Crippen LogP contribution in [0.3, 0.4) is 0 Å². The van der Waals surface area contributed by atoms with Gasteiger partial charge in [0.25, 0.3) is 5.69 Å². The largest absolute Gasteiger partial charge is 0.465 e. The van der Waals surface area contributed by atoms with Crippen molar-refractivity contribution in [1.29, 1.82) is 0 Å². The van der Waals surface area contributed by atoms with Gasteiger partial charge in [-0.25, -0.2) is 14.4 Å². The Balaban J connectivity index is 1.40.